The molecule has 12 heavy (non-hydrogen) atoms. The largest absolute Gasteiger partial charge is 0.298 e. The lowest BCUT2D eigenvalue weighted by molar-refractivity contribution is -0.134. The highest BCUT2D eigenvalue weighted by molar-refractivity contribution is 5.90. The van der Waals surface area contributed by atoms with Crippen LogP contribution in [0.2, 0.25) is 0 Å². The number of carbonyl (C=O) groups excluding carboxylic acids is 1. The van der Waals surface area contributed by atoms with E-state index in [1.807, 2.05) is 0 Å². The summed E-state index contributed by atoms with van der Waals surface area (Å²) in [5.41, 5.74) is 1.32. The van der Waals surface area contributed by atoms with Crippen LogP contribution in [0, 0.1) is 11.3 Å². The molecule has 0 radical (unpaired) electrons. The van der Waals surface area contributed by atoms with Gasteiger partial charge in [-0.25, -0.2) is 0 Å². The zero-order valence-corrected chi connectivity index (χ0v) is 7.89. The minimum atomic E-state index is 0.00241. The van der Waals surface area contributed by atoms with Crippen molar-refractivity contribution in [2.45, 2.75) is 39.5 Å². The van der Waals surface area contributed by atoms with Gasteiger partial charge in [0.1, 0.15) is 5.78 Å². The zero-order chi connectivity index (χ0) is 8.77. The quantitative estimate of drug-likeness (QED) is 0.503. The van der Waals surface area contributed by atoms with E-state index < -0.39 is 0 Å². The fourth-order valence-electron chi connectivity index (χ4n) is 2.54. The second kappa shape index (κ2) is 2.45. The van der Waals surface area contributed by atoms with Crippen molar-refractivity contribution in [1.29, 1.82) is 0 Å². The van der Waals surface area contributed by atoms with Gasteiger partial charge in [-0.1, -0.05) is 25.0 Å². The van der Waals surface area contributed by atoms with Gasteiger partial charge in [0.05, 0.1) is 0 Å². The molecule has 2 unspecified atom stereocenters. The molecule has 0 amide bonds. The first-order valence-corrected chi connectivity index (χ1v) is 4.84. The average molecular weight is 164 g/mol. The molecule has 0 aromatic rings. The van der Waals surface area contributed by atoms with E-state index in [0.29, 0.717) is 5.78 Å². The molecule has 0 heterocycles. The lowest BCUT2D eigenvalue weighted by Gasteiger charge is -2.40. The fraction of sp³-hybridized carbons (Fsp3) is 0.727. The van der Waals surface area contributed by atoms with Gasteiger partial charge in [-0.05, 0) is 26.2 Å². The third kappa shape index (κ3) is 0.954. The van der Waals surface area contributed by atoms with E-state index in [1.54, 1.807) is 0 Å². The molecule has 2 bridgehead atoms. The van der Waals surface area contributed by atoms with Crippen molar-refractivity contribution in [3.05, 3.63) is 11.6 Å². The Labute approximate surface area is 73.8 Å². The molecular weight excluding hydrogens is 148 g/mol. The number of fused-ring (bicyclic) bond motifs is 2. The van der Waals surface area contributed by atoms with E-state index in [-0.39, 0.29) is 11.3 Å². The van der Waals surface area contributed by atoms with Crippen LogP contribution in [0.4, 0.5) is 0 Å². The van der Waals surface area contributed by atoms with Crippen molar-refractivity contribution in [1.82, 2.24) is 0 Å². The molecule has 1 heteroatoms. The predicted molar refractivity (Wildman–Crippen MR) is 48.8 cm³/mol. The summed E-state index contributed by atoms with van der Waals surface area (Å²) in [5, 5.41) is 0. The maximum atomic E-state index is 11.9. The molecule has 0 spiro atoms. The molecule has 66 valence electrons. The third-order valence-electron chi connectivity index (χ3n) is 3.56. The molecule has 2 aliphatic carbocycles. The van der Waals surface area contributed by atoms with E-state index in [4.69, 9.17) is 0 Å². The van der Waals surface area contributed by atoms with Crippen molar-refractivity contribution >= 4 is 5.78 Å². The molecule has 2 aliphatic rings. The lowest BCUT2D eigenvalue weighted by Crippen LogP contribution is -2.40. The molecule has 0 aromatic carbocycles. The summed E-state index contributed by atoms with van der Waals surface area (Å²) in [6.45, 7) is 4.23. The summed E-state index contributed by atoms with van der Waals surface area (Å²) in [5.74, 6) is 0.784. The van der Waals surface area contributed by atoms with Crippen molar-refractivity contribution < 1.29 is 4.79 Å². The Kier molecular flexibility index (Phi) is 1.64. The first-order valence-electron chi connectivity index (χ1n) is 4.84. The van der Waals surface area contributed by atoms with Gasteiger partial charge in [0.25, 0.3) is 0 Å². The van der Waals surface area contributed by atoms with E-state index in [2.05, 4.69) is 19.9 Å². The van der Waals surface area contributed by atoms with Crippen LogP contribution in [0.15, 0.2) is 11.6 Å². The van der Waals surface area contributed by atoms with E-state index in [1.165, 1.54) is 12.0 Å². The van der Waals surface area contributed by atoms with Gasteiger partial charge >= 0.3 is 0 Å². The Morgan fingerprint density at radius 3 is 3.00 bits per heavy atom. The fourth-order valence-corrected chi connectivity index (χ4v) is 2.54. The van der Waals surface area contributed by atoms with E-state index in [9.17, 15) is 4.79 Å². The number of hydrogen-bond acceptors (Lipinski definition) is 1. The summed E-state index contributed by atoms with van der Waals surface area (Å²) in [6, 6.07) is 0. The maximum absolute atomic E-state index is 11.9. The number of Topliss-reactive ketones (excluding diaryl/α,β-unsaturated/α-hetero) is 1. The highest BCUT2D eigenvalue weighted by Gasteiger charge is 2.43. The highest BCUT2D eigenvalue weighted by atomic mass is 16.1. The molecule has 2 atom stereocenters. The van der Waals surface area contributed by atoms with E-state index in [0.717, 1.165) is 19.3 Å². The average Bonchev–Trinajstić information content (AvgIpc) is 2.03. The Hall–Kier alpha value is -0.590. The maximum Gasteiger partial charge on any atom is 0.146 e. The van der Waals surface area contributed by atoms with Gasteiger partial charge in [0.15, 0.2) is 0 Å². The van der Waals surface area contributed by atoms with Crippen LogP contribution in [0.3, 0.4) is 0 Å². The normalized spacial score (nSPS) is 41.0. The molecule has 0 aromatic heterocycles. The van der Waals surface area contributed by atoms with Gasteiger partial charge in [-0.3, -0.25) is 4.79 Å². The summed E-state index contributed by atoms with van der Waals surface area (Å²) < 4.78 is 0. The molecule has 0 aliphatic heterocycles. The van der Waals surface area contributed by atoms with Crippen LogP contribution in [0.25, 0.3) is 0 Å². The van der Waals surface area contributed by atoms with Gasteiger partial charge in [0, 0.05) is 11.3 Å². The molecule has 0 saturated heterocycles. The third-order valence-corrected chi connectivity index (χ3v) is 3.56. The van der Waals surface area contributed by atoms with E-state index >= 15 is 0 Å². The topological polar surface area (TPSA) is 17.1 Å². The predicted octanol–water partition coefficient (Wildman–Crippen LogP) is 2.71. The Balaban J connectivity index is 2.38. The van der Waals surface area contributed by atoms with Crippen molar-refractivity contribution in [3.63, 3.8) is 0 Å². The van der Waals surface area contributed by atoms with Crippen LogP contribution >= 0.6 is 0 Å². The Morgan fingerprint density at radius 1 is 1.58 bits per heavy atom. The van der Waals surface area contributed by atoms with Crippen molar-refractivity contribution in [3.8, 4) is 0 Å². The molecule has 1 fully saturated rings. The minimum absolute atomic E-state index is 0.00241. The summed E-state index contributed by atoms with van der Waals surface area (Å²) >= 11 is 0. The summed E-state index contributed by atoms with van der Waals surface area (Å²) in [4.78, 5) is 11.9. The number of allylic oxidation sites excluding steroid dienone is 2. The van der Waals surface area contributed by atoms with Crippen LogP contribution in [-0.2, 0) is 4.79 Å². The first kappa shape index (κ1) is 8.03. The Bertz CT molecular complexity index is 252. The Morgan fingerprint density at radius 2 is 2.33 bits per heavy atom. The zero-order valence-electron chi connectivity index (χ0n) is 7.89. The summed E-state index contributed by atoms with van der Waals surface area (Å²) in [6.07, 6.45) is 6.68. The SMILES string of the molecule is CC1=CCC2(C)CCCC1C2=O. The van der Waals surface area contributed by atoms with Crippen LogP contribution < -0.4 is 0 Å². The number of ketones is 1. The standard InChI is InChI=1S/C11H16O/c1-8-5-7-11(2)6-3-4-9(8)10(11)12/h5,9H,3-4,6-7H2,1-2H3. The van der Waals surface area contributed by atoms with Gasteiger partial charge in [-0.2, -0.15) is 0 Å². The van der Waals surface area contributed by atoms with Gasteiger partial charge in [0.2, 0.25) is 0 Å². The molecule has 1 saturated carbocycles. The van der Waals surface area contributed by atoms with Crippen LogP contribution in [-0.4, -0.2) is 5.78 Å². The molecule has 1 nitrogen and oxygen atoms in total. The molecular formula is C11H16O. The van der Waals surface area contributed by atoms with Crippen LogP contribution in [0.1, 0.15) is 39.5 Å². The highest BCUT2D eigenvalue weighted by Crippen LogP contribution is 2.45. The monoisotopic (exact) mass is 164 g/mol. The minimum Gasteiger partial charge on any atom is -0.298 e. The number of carbonyl (C=O) groups is 1. The van der Waals surface area contributed by atoms with Crippen LogP contribution in [0.5, 0.6) is 0 Å². The first-order chi connectivity index (χ1) is 5.63. The lowest BCUT2D eigenvalue weighted by atomic mass is 9.63. The number of hydrogen-bond donors (Lipinski definition) is 0. The number of rotatable bonds is 0. The van der Waals surface area contributed by atoms with Crippen molar-refractivity contribution in [2.75, 3.05) is 0 Å². The second-order valence-electron chi connectivity index (χ2n) is 4.52. The second-order valence-corrected chi connectivity index (χ2v) is 4.52. The summed E-state index contributed by atoms with van der Waals surface area (Å²) in [7, 11) is 0. The molecule has 2 rings (SSSR count). The van der Waals surface area contributed by atoms with Gasteiger partial charge in [-0.15, -0.1) is 0 Å². The van der Waals surface area contributed by atoms with Gasteiger partial charge < -0.3 is 0 Å². The molecule has 0 N–H and O–H groups in total. The smallest absolute Gasteiger partial charge is 0.146 e. The van der Waals surface area contributed by atoms with Crippen molar-refractivity contribution in [2.24, 2.45) is 11.3 Å².